The van der Waals surface area contributed by atoms with E-state index < -0.39 is 11.5 Å². The van der Waals surface area contributed by atoms with Gasteiger partial charge in [0.25, 0.3) is 5.91 Å². The lowest BCUT2D eigenvalue weighted by molar-refractivity contribution is -0.136. The van der Waals surface area contributed by atoms with Crippen LogP contribution in [-0.4, -0.2) is 27.4 Å². The summed E-state index contributed by atoms with van der Waals surface area (Å²) < 4.78 is 1.93. The second-order valence-corrected chi connectivity index (χ2v) is 6.40. The minimum absolute atomic E-state index is 0.545. The fourth-order valence-corrected chi connectivity index (χ4v) is 2.28. The van der Waals surface area contributed by atoms with Crippen LogP contribution in [0.1, 0.15) is 25.1 Å². The van der Waals surface area contributed by atoms with Crippen LogP contribution in [0, 0.1) is 0 Å². The molecule has 0 aliphatic rings. The van der Waals surface area contributed by atoms with Gasteiger partial charge in [0.15, 0.2) is 0 Å². The standard InChI is InChI=1S/C16H17Cl2N3O2/c1-16(2,23)15(22)20-19-9-13-4-3-7-21(13)10-11-5-6-12(17)8-14(11)18/h3-9,23H,10H2,1-2H3,(H,20,22)/b19-9-. The van der Waals surface area contributed by atoms with E-state index in [2.05, 4.69) is 10.5 Å². The zero-order valence-corrected chi connectivity index (χ0v) is 14.3. The summed E-state index contributed by atoms with van der Waals surface area (Å²) in [6.45, 7) is 3.33. The van der Waals surface area contributed by atoms with Crippen molar-refractivity contribution in [3.8, 4) is 0 Å². The number of hydrogen-bond acceptors (Lipinski definition) is 3. The number of nitrogens with zero attached hydrogens (tertiary/aromatic N) is 2. The van der Waals surface area contributed by atoms with Gasteiger partial charge in [0, 0.05) is 22.8 Å². The molecule has 0 aliphatic heterocycles. The summed E-state index contributed by atoms with van der Waals surface area (Å²) in [5.74, 6) is -0.576. The number of aliphatic hydroxyl groups is 1. The normalized spacial score (nSPS) is 11.9. The van der Waals surface area contributed by atoms with Gasteiger partial charge in [-0.25, -0.2) is 5.43 Å². The maximum absolute atomic E-state index is 11.5. The molecule has 2 rings (SSSR count). The zero-order chi connectivity index (χ0) is 17.0. The maximum atomic E-state index is 11.5. The van der Waals surface area contributed by atoms with Crippen LogP contribution in [0.3, 0.4) is 0 Å². The van der Waals surface area contributed by atoms with Crippen molar-refractivity contribution in [2.75, 3.05) is 0 Å². The van der Waals surface area contributed by atoms with Gasteiger partial charge in [-0.15, -0.1) is 0 Å². The van der Waals surface area contributed by atoms with Gasteiger partial charge in [0.05, 0.1) is 11.9 Å². The Balaban J connectivity index is 2.09. The Morgan fingerprint density at radius 1 is 1.39 bits per heavy atom. The van der Waals surface area contributed by atoms with E-state index in [9.17, 15) is 9.90 Å². The molecule has 23 heavy (non-hydrogen) atoms. The molecule has 0 atom stereocenters. The molecule has 1 aromatic heterocycles. The minimum Gasteiger partial charge on any atom is -0.381 e. The van der Waals surface area contributed by atoms with Crippen molar-refractivity contribution in [3.05, 3.63) is 57.8 Å². The fraction of sp³-hybridized carbons (Fsp3) is 0.250. The summed E-state index contributed by atoms with van der Waals surface area (Å²) in [6.07, 6.45) is 3.39. The number of benzene rings is 1. The quantitative estimate of drug-likeness (QED) is 0.640. The molecule has 2 N–H and O–H groups in total. The van der Waals surface area contributed by atoms with E-state index in [1.807, 2.05) is 29.0 Å². The Morgan fingerprint density at radius 3 is 2.78 bits per heavy atom. The maximum Gasteiger partial charge on any atom is 0.271 e. The van der Waals surface area contributed by atoms with Crippen LogP contribution >= 0.6 is 23.2 Å². The summed E-state index contributed by atoms with van der Waals surface area (Å²) in [5, 5.41) is 14.6. The number of nitrogens with one attached hydrogen (secondary N) is 1. The van der Waals surface area contributed by atoms with Crippen LogP contribution in [-0.2, 0) is 11.3 Å². The molecule has 0 aliphatic carbocycles. The van der Waals surface area contributed by atoms with Gasteiger partial charge in [-0.3, -0.25) is 4.79 Å². The Bertz CT molecular complexity index is 733. The third kappa shape index (κ3) is 4.82. The number of carbonyl (C=O) groups excluding carboxylic acids is 1. The lowest BCUT2D eigenvalue weighted by Gasteiger charge is -2.13. The van der Waals surface area contributed by atoms with E-state index in [1.54, 1.807) is 12.1 Å². The summed E-state index contributed by atoms with van der Waals surface area (Å²) in [5.41, 5.74) is 2.52. The van der Waals surface area contributed by atoms with Crippen molar-refractivity contribution in [2.24, 2.45) is 5.10 Å². The number of halogens is 2. The van der Waals surface area contributed by atoms with Gasteiger partial charge in [-0.2, -0.15) is 5.10 Å². The summed E-state index contributed by atoms with van der Waals surface area (Å²) in [6, 6.07) is 9.05. The van der Waals surface area contributed by atoms with Crippen molar-refractivity contribution in [3.63, 3.8) is 0 Å². The first-order chi connectivity index (χ1) is 10.8. The smallest absolute Gasteiger partial charge is 0.271 e. The Morgan fingerprint density at radius 2 is 2.13 bits per heavy atom. The number of rotatable bonds is 5. The number of hydrazone groups is 1. The molecule has 0 saturated heterocycles. The van der Waals surface area contributed by atoms with Crippen LogP contribution in [0.5, 0.6) is 0 Å². The first kappa shape index (κ1) is 17.5. The third-order valence-corrected chi connectivity index (χ3v) is 3.73. The van der Waals surface area contributed by atoms with Crippen LogP contribution in [0.25, 0.3) is 0 Å². The highest BCUT2D eigenvalue weighted by atomic mass is 35.5. The van der Waals surface area contributed by atoms with Crippen molar-refractivity contribution >= 4 is 35.3 Å². The first-order valence-corrected chi connectivity index (χ1v) is 7.68. The molecule has 5 nitrogen and oxygen atoms in total. The average Bonchev–Trinajstić information content (AvgIpc) is 2.88. The van der Waals surface area contributed by atoms with Crippen LogP contribution in [0.2, 0.25) is 10.0 Å². The van der Waals surface area contributed by atoms with E-state index in [-0.39, 0.29) is 0 Å². The van der Waals surface area contributed by atoms with Gasteiger partial charge in [-0.1, -0.05) is 29.3 Å². The van der Waals surface area contributed by atoms with Crippen molar-refractivity contribution in [1.82, 2.24) is 9.99 Å². The fourth-order valence-electron chi connectivity index (χ4n) is 1.82. The molecule has 0 spiro atoms. The first-order valence-electron chi connectivity index (χ1n) is 6.92. The van der Waals surface area contributed by atoms with Gasteiger partial charge in [0.2, 0.25) is 0 Å². The molecule has 2 aromatic rings. The predicted octanol–water partition coefficient (Wildman–Crippen LogP) is 3.06. The van der Waals surface area contributed by atoms with Crippen LogP contribution in [0.4, 0.5) is 0 Å². The zero-order valence-electron chi connectivity index (χ0n) is 12.8. The molecule has 0 bridgehead atoms. The second kappa shape index (κ2) is 7.17. The third-order valence-electron chi connectivity index (χ3n) is 3.14. The Labute approximate surface area is 144 Å². The van der Waals surface area contributed by atoms with E-state index in [0.29, 0.717) is 16.6 Å². The van der Waals surface area contributed by atoms with E-state index in [1.165, 1.54) is 20.1 Å². The monoisotopic (exact) mass is 353 g/mol. The van der Waals surface area contributed by atoms with Crippen molar-refractivity contribution in [1.29, 1.82) is 0 Å². The Hall–Kier alpha value is -1.82. The van der Waals surface area contributed by atoms with E-state index >= 15 is 0 Å². The summed E-state index contributed by atoms with van der Waals surface area (Å²) in [7, 11) is 0. The molecule has 0 radical (unpaired) electrons. The number of amides is 1. The number of aromatic nitrogens is 1. The Kier molecular flexibility index (Phi) is 5.46. The molecular weight excluding hydrogens is 337 g/mol. The predicted molar refractivity (Wildman–Crippen MR) is 92.0 cm³/mol. The minimum atomic E-state index is -1.48. The molecule has 1 heterocycles. The van der Waals surface area contributed by atoms with E-state index in [4.69, 9.17) is 23.2 Å². The molecule has 1 aromatic carbocycles. The van der Waals surface area contributed by atoms with E-state index in [0.717, 1.165) is 11.3 Å². The number of carbonyl (C=O) groups is 1. The van der Waals surface area contributed by atoms with Gasteiger partial charge in [0.1, 0.15) is 5.60 Å². The lowest BCUT2D eigenvalue weighted by atomic mass is 10.1. The van der Waals surface area contributed by atoms with Crippen molar-refractivity contribution in [2.45, 2.75) is 26.0 Å². The van der Waals surface area contributed by atoms with Gasteiger partial charge >= 0.3 is 0 Å². The molecule has 122 valence electrons. The van der Waals surface area contributed by atoms with Crippen molar-refractivity contribution < 1.29 is 9.90 Å². The number of hydrogen-bond donors (Lipinski definition) is 2. The summed E-state index contributed by atoms with van der Waals surface area (Å²) >= 11 is 12.1. The van der Waals surface area contributed by atoms with Crippen LogP contribution < -0.4 is 5.43 Å². The molecule has 1 amide bonds. The highest BCUT2D eigenvalue weighted by Gasteiger charge is 2.22. The second-order valence-electron chi connectivity index (χ2n) is 5.55. The molecule has 0 unspecified atom stereocenters. The molecular formula is C16H17Cl2N3O2. The average molecular weight is 354 g/mol. The van der Waals surface area contributed by atoms with Gasteiger partial charge in [-0.05, 0) is 43.7 Å². The summed E-state index contributed by atoms with van der Waals surface area (Å²) in [4.78, 5) is 11.5. The highest BCUT2D eigenvalue weighted by molar-refractivity contribution is 6.35. The lowest BCUT2D eigenvalue weighted by Crippen LogP contribution is -2.39. The highest BCUT2D eigenvalue weighted by Crippen LogP contribution is 2.22. The van der Waals surface area contributed by atoms with Gasteiger partial charge < -0.3 is 9.67 Å². The largest absolute Gasteiger partial charge is 0.381 e. The molecule has 7 heteroatoms. The van der Waals surface area contributed by atoms with Crippen LogP contribution in [0.15, 0.2) is 41.6 Å². The SMILES string of the molecule is CC(C)(O)C(=O)N/N=C\c1cccn1Cc1ccc(Cl)cc1Cl. The molecule has 0 saturated carbocycles. The topological polar surface area (TPSA) is 66.6 Å². The molecule has 0 fully saturated rings.